The zero-order chi connectivity index (χ0) is 13.0. The Morgan fingerprint density at radius 2 is 2.11 bits per heavy atom. The number of likely N-dealkylation sites (tertiary alicyclic amines) is 1. The van der Waals surface area contributed by atoms with Gasteiger partial charge in [-0.15, -0.1) is 0 Å². The Morgan fingerprint density at radius 3 is 2.78 bits per heavy atom. The molecule has 0 bridgehead atoms. The van der Waals surface area contributed by atoms with E-state index in [0.717, 1.165) is 32.5 Å². The molecule has 3 nitrogen and oxygen atoms in total. The number of halogens is 1. The minimum absolute atomic E-state index is 0.308. The molecule has 1 aliphatic heterocycles. The van der Waals surface area contributed by atoms with Crippen molar-refractivity contribution in [3.63, 3.8) is 0 Å². The molecule has 1 saturated heterocycles. The van der Waals surface area contributed by atoms with Gasteiger partial charge in [0.15, 0.2) is 0 Å². The Balaban J connectivity index is 1.78. The molecule has 1 aromatic carbocycles. The molecular formula is C14H18INO2. The fourth-order valence-electron chi connectivity index (χ4n) is 2.47. The van der Waals surface area contributed by atoms with Crippen molar-refractivity contribution in [1.82, 2.24) is 4.90 Å². The summed E-state index contributed by atoms with van der Waals surface area (Å²) in [5.74, 6) is -0.115. The zero-order valence-electron chi connectivity index (χ0n) is 10.3. The van der Waals surface area contributed by atoms with Crippen molar-refractivity contribution in [1.29, 1.82) is 0 Å². The number of benzene rings is 1. The van der Waals surface area contributed by atoms with Crippen molar-refractivity contribution in [2.45, 2.75) is 25.8 Å². The summed E-state index contributed by atoms with van der Waals surface area (Å²) in [4.78, 5) is 13.0. The standard InChI is InChI=1S/C14H18INO2/c15-13-4-1-11(2-5-13)9-16-8-7-12(10-16)3-6-14(17)18/h1-2,4-5,12H,3,6-10H2,(H,17,18). The lowest BCUT2D eigenvalue weighted by atomic mass is 10.0. The van der Waals surface area contributed by atoms with Crippen molar-refractivity contribution in [2.24, 2.45) is 5.92 Å². The highest BCUT2D eigenvalue weighted by molar-refractivity contribution is 14.1. The molecule has 1 N–H and O–H groups in total. The van der Waals surface area contributed by atoms with Gasteiger partial charge in [0, 0.05) is 23.1 Å². The summed E-state index contributed by atoms with van der Waals surface area (Å²) in [5.41, 5.74) is 1.34. The number of rotatable bonds is 5. The molecule has 0 radical (unpaired) electrons. The molecule has 1 unspecified atom stereocenters. The van der Waals surface area contributed by atoms with Gasteiger partial charge in [-0.05, 0) is 65.6 Å². The number of aliphatic carboxylic acids is 1. The molecule has 1 heterocycles. The van der Waals surface area contributed by atoms with Crippen molar-refractivity contribution in [3.05, 3.63) is 33.4 Å². The number of nitrogens with zero attached hydrogens (tertiary/aromatic N) is 1. The lowest BCUT2D eigenvalue weighted by molar-refractivity contribution is -0.137. The summed E-state index contributed by atoms with van der Waals surface area (Å²) >= 11 is 2.31. The summed E-state index contributed by atoms with van der Waals surface area (Å²) in [5, 5.41) is 8.69. The lowest BCUT2D eigenvalue weighted by Crippen LogP contribution is -2.20. The van der Waals surface area contributed by atoms with Gasteiger partial charge in [0.05, 0.1) is 0 Å². The van der Waals surface area contributed by atoms with Crippen LogP contribution in [0.15, 0.2) is 24.3 Å². The van der Waals surface area contributed by atoms with Gasteiger partial charge < -0.3 is 5.11 Å². The van der Waals surface area contributed by atoms with Crippen LogP contribution in [-0.4, -0.2) is 29.1 Å². The van der Waals surface area contributed by atoms with E-state index in [1.807, 2.05) is 0 Å². The quantitative estimate of drug-likeness (QED) is 0.822. The van der Waals surface area contributed by atoms with Crippen LogP contribution in [0.3, 0.4) is 0 Å². The van der Waals surface area contributed by atoms with E-state index in [0.29, 0.717) is 12.3 Å². The van der Waals surface area contributed by atoms with Crippen molar-refractivity contribution < 1.29 is 9.90 Å². The van der Waals surface area contributed by atoms with E-state index in [1.165, 1.54) is 9.13 Å². The van der Waals surface area contributed by atoms with Crippen molar-refractivity contribution >= 4 is 28.6 Å². The van der Waals surface area contributed by atoms with Gasteiger partial charge in [0.25, 0.3) is 0 Å². The molecule has 0 aromatic heterocycles. The van der Waals surface area contributed by atoms with Crippen LogP contribution in [0.5, 0.6) is 0 Å². The molecule has 4 heteroatoms. The maximum Gasteiger partial charge on any atom is 0.303 e. The molecule has 0 amide bonds. The zero-order valence-corrected chi connectivity index (χ0v) is 12.5. The molecular weight excluding hydrogens is 341 g/mol. The average molecular weight is 359 g/mol. The summed E-state index contributed by atoms with van der Waals surface area (Å²) in [6.45, 7) is 3.12. The first kappa shape index (κ1) is 13.8. The first-order valence-electron chi connectivity index (χ1n) is 6.32. The third-order valence-corrected chi connectivity index (χ3v) is 4.18. The van der Waals surface area contributed by atoms with Crippen LogP contribution in [0.4, 0.5) is 0 Å². The Hall–Kier alpha value is -0.620. The SMILES string of the molecule is O=C(O)CCC1CCN(Cc2ccc(I)cc2)C1. The summed E-state index contributed by atoms with van der Waals surface area (Å²) < 4.78 is 1.26. The van der Waals surface area contributed by atoms with Gasteiger partial charge in [-0.2, -0.15) is 0 Å². The molecule has 2 rings (SSSR count). The predicted molar refractivity (Wildman–Crippen MR) is 79.4 cm³/mol. The molecule has 0 saturated carbocycles. The van der Waals surface area contributed by atoms with E-state index in [2.05, 4.69) is 51.8 Å². The van der Waals surface area contributed by atoms with Crippen LogP contribution in [-0.2, 0) is 11.3 Å². The second-order valence-corrected chi connectivity index (χ2v) is 6.19. The number of carboxylic acid groups (broad SMARTS) is 1. The van der Waals surface area contributed by atoms with Crippen LogP contribution in [0, 0.1) is 9.49 Å². The topological polar surface area (TPSA) is 40.5 Å². The molecule has 1 aliphatic rings. The maximum atomic E-state index is 10.5. The lowest BCUT2D eigenvalue weighted by Gasteiger charge is -2.16. The van der Waals surface area contributed by atoms with E-state index in [9.17, 15) is 4.79 Å². The summed E-state index contributed by atoms with van der Waals surface area (Å²) in [6, 6.07) is 8.61. The minimum Gasteiger partial charge on any atom is -0.481 e. The van der Waals surface area contributed by atoms with Crippen LogP contribution >= 0.6 is 22.6 Å². The Morgan fingerprint density at radius 1 is 1.39 bits per heavy atom. The molecule has 0 aliphatic carbocycles. The molecule has 1 fully saturated rings. The minimum atomic E-state index is -0.675. The van der Waals surface area contributed by atoms with E-state index in [-0.39, 0.29) is 0 Å². The molecule has 1 atom stereocenters. The summed E-state index contributed by atoms with van der Waals surface area (Å²) in [6.07, 6.45) is 2.26. The van der Waals surface area contributed by atoms with Crippen LogP contribution in [0.2, 0.25) is 0 Å². The van der Waals surface area contributed by atoms with Crippen LogP contribution in [0.25, 0.3) is 0 Å². The predicted octanol–water partition coefficient (Wildman–Crippen LogP) is 2.98. The summed E-state index contributed by atoms with van der Waals surface area (Å²) in [7, 11) is 0. The second-order valence-electron chi connectivity index (χ2n) is 4.95. The van der Waals surface area contributed by atoms with E-state index < -0.39 is 5.97 Å². The molecule has 0 spiro atoms. The first-order valence-corrected chi connectivity index (χ1v) is 7.40. The maximum absolute atomic E-state index is 10.5. The van der Waals surface area contributed by atoms with E-state index in [4.69, 9.17) is 5.11 Å². The van der Waals surface area contributed by atoms with E-state index in [1.54, 1.807) is 0 Å². The van der Waals surface area contributed by atoms with Gasteiger partial charge in [-0.1, -0.05) is 12.1 Å². The monoisotopic (exact) mass is 359 g/mol. The molecule has 98 valence electrons. The molecule has 1 aromatic rings. The highest BCUT2D eigenvalue weighted by Gasteiger charge is 2.22. The normalized spacial score (nSPS) is 20.2. The highest BCUT2D eigenvalue weighted by Crippen LogP contribution is 2.22. The first-order chi connectivity index (χ1) is 8.63. The van der Waals surface area contributed by atoms with Gasteiger partial charge in [0.2, 0.25) is 0 Å². The van der Waals surface area contributed by atoms with Gasteiger partial charge in [0.1, 0.15) is 0 Å². The number of hydrogen-bond acceptors (Lipinski definition) is 2. The fraction of sp³-hybridized carbons (Fsp3) is 0.500. The van der Waals surface area contributed by atoms with Crippen molar-refractivity contribution in [3.8, 4) is 0 Å². The number of carboxylic acids is 1. The Labute approximate surface area is 121 Å². The Kier molecular flexibility index (Phi) is 5.00. The smallest absolute Gasteiger partial charge is 0.303 e. The molecule has 18 heavy (non-hydrogen) atoms. The largest absolute Gasteiger partial charge is 0.481 e. The van der Waals surface area contributed by atoms with Crippen LogP contribution in [0.1, 0.15) is 24.8 Å². The third kappa shape index (κ3) is 4.24. The Bertz CT molecular complexity index is 405. The number of hydrogen-bond donors (Lipinski definition) is 1. The van der Waals surface area contributed by atoms with Gasteiger partial charge in [-0.3, -0.25) is 9.69 Å². The third-order valence-electron chi connectivity index (χ3n) is 3.46. The van der Waals surface area contributed by atoms with E-state index >= 15 is 0 Å². The van der Waals surface area contributed by atoms with Gasteiger partial charge >= 0.3 is 5.97 Å². The number of carbonyl (C=O) groups is 1. The van der Waals surface area contributed by atoms with Crippen LogP contribution < -0.4 is 0 Å². The average Bonchev–Trinajstić information content (AvgIpc) is 2.77. The fourth-order valence-corrected chi connectivity index (χ4v) is 2.83. The van der Waals surface area contributed by atoms with Gasteiger partial charge in [-0.25, -0.2) is 0 Å². The second kappa shape index (κ2) is 6.52. The van der Waals surface area contributed by atoms with Crippen molar-refractivity contribution in [2.75, 3.05) is 13.1 Å². The highest BCUT2D eigenvalue weighted by atomic mass is 127.